The summed E-state index contributed by atoms with van der Waals surface area (Å²) in [7, 11) is 0. The highest BCUT2D eigenvalue weighted by atomic mass is 16.5. The number of hydrogen-bond donors (Lipinski definition) is 1. The highest BCUT2D eigenvalue weighted by Gasteiger charge is 2.22. The maximum absolute atomic E-state index is 12.0. The van der Waals surface area contributed by atoms with Crippen molar-refractivity contribution in [2.24, 2.45) is 0 Å². The van der Waals surface area contributed by atoms with Crippen LogP contribution in [0.25, 0.3) is 0 Å². The predicted molar refractivity (Wildman–Crippen MR) is 68.5 cm³/mol. The van der Waals surface area contributed by atoms with Gasteiger partial charge in [0.1, 0.15) is 0 Å². The molecule has 0 radical (unpaired) electrons. The number of ether oxygens (including phenoxy) is 2. The minimum Gasteiger partial charge on any atom is -0.378 e. The molecule has 2 saturated heterocycles. The lowest BCUT2D eigenvalue weighted by Crippen LogP contribution is -2.52. The summed E-state index contributed by atoms with van der Waals surface area (Å²) in [4.78, 5) is 13.9. The first-order valence-corrected chi connectivity index (χ1v) is 6.97. The monoisotopic (exact) mass is 256 g/mol. The van der Waals surface area contributed by atoms with Crippen LogP contribution in [0.3, 0.4) is 0 Å². The van der Waals surface area contributed by atoms with E-state index in [-0.39, 0.29) is 12.0 Å². The Bertz CT molecular complexity index is 267. The van der Waals surface area contributed by atoms with Crippen LogP contribution < -0.4 is 5.32 Å². The molecule has 2 atom stereocenters. The van der Waals surface area contributed by atoms with E-state index in [4.69, 9.17) is 9.47 Å². The molecule has 1 amide bonds. The van der Waals surface area contributed by atoms with E-state index in [1.807, 2.05) is 4.90 Å². The summed E-state index contributed by atoms with van der Waals surface area (Å²) in [5.41, 5.74) is 0. The molecule has 0 aromatic rings. The van der Waals surface area contributed by atoms with Crippen LogP contribution >= 0.6 is 0 Å². The third-order valence-corrected chi connectivity index (χ3v) is 3.61. The van der Waals surface area contributed by atoms with Crippen molar-refractivity contribution in [3.63, 3.8) is 0 Å². The molecular weight excluding hydrogens is 232 g/mol. The zero-order chi connectivity index (χ0) is 12.8. The molecule has 0 aliphatic carbocycles. The van der Waals surface area contributed by atoms with Crippen LogP contribution in [0.4, 0.5) is 0 Å². The maximum Gasteiger partial charge on any atom is 0.225 e. The molecule has 18 heavy (non-hydrogen) atoms. The van der Waals surface area contributed by atoms with Crippen LogP contribution in [0.15, 0.2) is 0 Å². The summed E-state index contributed by atoms with van der Waals surface area (Å²) in [5.74, 6) is 0.205. The largest absolute Gasteiger partial charge is 0.378 e. The van der Waals surface area contributed by atoms with Gasteiger partial charge in [0.15, 0.2) is 0 Å². The number of carbonyl (C=O) groups is 1. The van der Waals surface area contributed by atoms with Gasteiger partial charge in [0.25, 0.3) is 0 Å². The second-order valence-electron chi connectivity index (χ2n) is 5.10. The van der Waals surface area contributed by atoms with Crippen LogP contribution in [-0.2, 0) is 14.3 Å². The van der Waals surface area contributed by atoms with Crippen molar-refractivity contribution in [1.82, 2.24) is 10.2 Å². The minimum absolute atomic E-state index is 0.205. The summed E-state index contributed by atoms with van der Waals surface area (Å²) in [6.07, 6.45) is 2.95. The normalized spacial score (nSPS) is 28.6. The molecule has 0 aromatic heterocycles. The van der Waals surface area contributed by atoms with E-state index in [1.54, 1.807) is 0 Å². The molecule has 0 bridgehead atoms. The van der Waals surface area contributed by atoms with Crippen molar-refractivity contribution in [3.8, 4) is 0 Å². The topological polar surface area (TPSA) is 50.8 Å². The van der Waals surface area contributed by atoms with Crippen LogP contribution in [0.5, 0.6) is 0 Å². The van der Waals surface area contributed by atoms with E-state index in [9.17, 15) is 4.79 Å². The smallest absolute Gasteiger partial charge is 0.225 e. The quantitative estimate of drug-likeness (QED) is 0.723. The van der Waals surface area contributed by atoms with Crippen molar-refractivity contribution in [2.45, 2.75) is 38.3 Å². The Hall–Kier alpha value is -0.650. The zero-order valence-corrected chi connectivity index (χ0v) is 11.2. The second-order valence-corrected chi connectivity index (χ2v) is 5.10. The van der Waals surface area contributed by atoms with Gasteiger partial charge in [-0.15, -0.1) is 0 Å². The first kappa shape index (κ1) is 13.8. The van der Waals surface area contributed by atoms with Crippen molar-refractivity contribution in [2.75, 3.05) is 39.5 Å². The molecule has 2 rings (SSSR count). The minimum atomic E-state index is 0.205. The molecule has 104 valence electrons. The fourth-order valence-electron chi connectivity index (χ4n) is 2.51. The van der Waals surface area contributed by atoms with Gasteiger partial charge < -0.3 is 19.7 Å². The number of piperazine rings is 1. The molecule has 0 aromatic carbocycles. The summed E-state index contributed by atoms with van der Waals surface area (Å²) < 4.78 is 11.0. The van der Waals surface area contributed by atoms with E-state index in [2.05, 4.69) is 12.2 Å². The number of nitrogens with zero attached hydrogens (tertiary/aromatic N) is 1. The van der Waals surface area contributed by atoms with Crippen LogP contribution in [-0.4, -0.2) is 62.4 Å². The lowest BCUT2D eigenvalue weighted by atomic mass is 10.2. The Balaban J connectivity index is 1.58. The molecular formula is C13H24N2O3. The Morgan fingerprint density at radius 2 is 2.44 bits per heavy atom. The average Bonchev–Trinajstić information content (AvgIpc) is 2.88. The van der Waals surface area contributed by atoms with Gasteiger partial charge in [-0.05, 0) is 19.8 Å². The van der Waals surface area contributed by atoms with E-state index < -0.39 is 0 Å². The molecule has 2 aliphatic rings. The Labute approximate surface area is 109 Å². The van der Waals surface area contributed by atoms with Gasteiger partial charge in [-0.25, -0.2) is 0 Å². The van der Waals surface area contributed by atoms with Gasteiger partial charge in [-0.3, -0.25) is 4.79 Å². The summed E-state index contributed by atoms with van der Waals surface area (Å²) >= 11 is 0. The second kappa shape index (κ2) is 7.07. The molecule has 0 spiro atoms. The van der Waals surface area contributed by atoms with Gasteiger partial charge in [-0.1, -0.05) is 0 Å². The number of amides is 1. The lowest BCUT2D eigenvalue weighted by Gasteiger charge is -2.34. The number of nitrogens with one attached hydrogen (secondary N) is 1. The number of carbonyl (C=O) groups excluding carboxylic acids is 1. The van der Waals surface area contributed by atoms with Crippen LogP contribution in [0.2, 0.25) is 0 Å². The van der Waals surface area contributed by atoms with Gasteiger partial charge in [-0.2, -0.15) is 0 Å². The van der Waals surface area contributed by atoms with Crippen molar-refractivity contribution < 1.29 is 14.3 Å². The molecule has 5 nitrogen and oxygen atoms in total. The van der Waals surface area contributed by atoms with Crippen molar-refractivity contribution in [3.05, 3.63) is 0 Å². The maximum atomic E-state index is 12.0. The molecule has 1 N–H and O–H groups in total. The fraction of sp³-hybridized carbons (Fsp3) is 0.923. The van der Waals surface area contributed by atoms with Crippen molar-refractivity contribution in [1.29, 1.82) is 0 Å². The lowest BCUT2D eigenvalue weighted by molar-refractivity contribution is -0.135. The zero-order valence-electron chi connectivity index (χ0n) is 11.2. The number of rotatable bonds is 5. The van der Waals surface area contributed by atoms with E-state index >= 15 is 0 Å². The highest BCUT2D eigenvalue weighted by molar-refractivity contribution is 5.76. The third kappa shape index (κ3) is 3.93. The summed E-state index contributed by atoms with van der Waals surface area (Å²) in [5, 5.41) is 3.28. The van der Waals surface area contributed by atoms with E-state index in [0.717, 1.165) is 39.1 Å². The van der Waals surface area contributed by atoms with Crippen LogP contribution in [0, 0.1) is 0 Å². The Morgan fingerprint density at radius 1 is 1.56 bits per heavy atom. The summed E-state index contributed by atoms with van der Waals surface area (Å²) in [6.45, 7) is 6.67. The van der Waals surface area contributed by atoms with Crippen molar-refractivity contribution >= 4 is 5.91 Å². The fourth-order valence-corrected chi connectivity index (χ4v) is 2.51. The van der Waals surface area contributed by atoms with Crippen LogP contribution in [0.1, 0.15) is 26.2 Å². The van der Waals surface area contributed by atoms with E-state index in [1.165, 1.54) is 0 Å². The molecule has 2 aliphatic heterocycles. The molecule has 0 saturated carbocycles. The van der Waals surface area contributed by atoms with Gasteiger partial charge >= 0.3 is 0 Å². The first-order valence-electron chi connectivity index (χ1n) is 6.97. The predicted octanol–water partition coefficient (Wildman–Crippen LogP) is 0.392. The SMILES string of the molecule is C[C@@H]1CNCCN1C(=O)CCOCC1CCCO1. The molecule has 2 fully saturated rings. The third-order valence-electron chi connectivity index (χ3n) is 3.61. The number of hydrogen-bond acceptors (Lipinski definition) is 4. The molecule has 5 heteroatoms. The first-order chi connectivity index (χ1) is 8.77. The Kier molecular flexibility index (Phi) is 5.41. The average molecular weight is 256 g/mol. The molecule has 1 unspecified atom stereocenters. The van der Waals surface area contributed by atoms with Gasteiger partial charge in [0, 0.05) is 32.3 Å². The summed E-state index contributed by atoms with van der Waals surface area (Å²) in [6, 6.07) is 0.296. The Morgan fingerprint density at radius 3 is 3.17 bits per heavy atom. The molecule has 2 heterocycles. The van der Waals surface area contributed by atoms with Gasteiger partial charge in [0.2, 0.25) is 5.91 Å². The highest BCUT2D eigenvalue weighted by Crippen LogP contribution is 2.12. The standard InChI is InChI=1S/C13H24N2O3/c1-11-9-14-5-6-15(11)13(16)4-8-17-10-12-3-2-7-18-12/h11-12,14H,2-10H2,1H3/t11-,12?/m1/s1. The van der Waals surface area contributed by atoms with E-state index in [0.29, 0.717) is 25.7 Å². The van der Waals surface area contributed by atoms with Gasteiger partial charge in [0.05, 0.1) is 25.7 Å².